The van der Waals surface area contributed by atoms with Crippen LogP contribution in [0.5, 0.6) is 0 Å². The van der Waals surface area contributed by atoms with Crippen LogP contribution in [0, 0.1) is 0 Å². The van der Waals surface area contributed by atoms with Crippen molar-refractivity contribution in [3.05, 3.63) is 58.3 Å². The van der Waals surface area contributed by atoms with E-state index in [0.717, 1.165) is 5.56 Å². The van der Waals surface area contributed by atoms with E-state index in [1.807, 2.05) is 41.8 Å². The minimum absolute atomic E-state index is 0.152. The zero-order valence-corrected chi connectivity index (χ0v) is 10.9. The van der Waals surface area contributed by atoms with Crippen LogP contribution in [0.15, 0.2) is 47.8 Å². The van der Waals surface area contributed by atoms with Gasteiger partial charge < -0.3 is 10.4 Å². The molecule has 0 spiro atoms. The van der Waals surface area contributed by atoms with Crippen molar-refractivity contribution in [3.8, 4) is 0 Å². The summed E-state index contributed by atoms with van der Waals surface area (Å²) in [5, 5.41) is 14.9. The molecule has 1 aromatic carbocycles. The lowest BCUT2D eigenvalue weighted by atomic mass is 9.96. The average molecular weight is 261 g/mol. The number of hydrogen-bond acceptors (Lipinski definition) is 3. The van der Waals surface area contributed by atoms with Gasteiger partial charge in [-0.15, -0.1) is 11.3 Å². The number of thiophene rings is 1. The molecule has 0 saturated heterocycles. The quantitative estimate of drug-likeness (QED) is 0.887. The smallest absolute Gasteiger partial charge is 0.261 e. The molecule has 0 radical (unpaired) electrons. The van der Waals surface area contributed by atoms with Gasteiger partial charge in [0.1, 0.15) is 5.60 Å². The first-order valence-corrected chi connectivity index (χ1v) is 6.57. The van der Waals surface area contributed by atoms with Crippen molar-refractivity contribution < 1.29 is 9.90 Å². The number of benzene rings is 1. The average Bonchev–Trinajstić information content (AvgIpc) is 2.91. The summed E-state index contributed by atoms with van der Waals surface area (Å²) in [5.74, 6) is -0.152. The number of amides is 1. The molecule has 0 fully saturated rings. The number of carbonyl (C=O) groups is 1. The highest BCUT2D eigenvalue weighted by Gasteiger charge is 2.23. The molecule has 18 heavy (non-hydrogen) atoms. The van der Waals surface area contributed by atoms with Gasteiger partial charge in [0.15, 0.2) is 0 Å². The normalized spacial score (nSPS) is 13.9. The fourth-order valence-electron chi connectivity index (χ4n) is 1.65. The number of carbonyl (C=O) groups excluding carboxylic acids is 1. The lowest BCUT2D eigenvalue weighted by Gasteiger charge is -2.24. The molecule has 1 amide bonds. The molecule has 2 N–H and O–H groups in total. The largest absolute Gasteiger partial charge is 0.384 e. The topological polar surface area (TPSA) is 49.3 Å². The fraction of sp³-hybridized carbons (Fsp3) is 0.214. The van der Waals surface area contributed by atoms with Gasteiger partial charge in [0, 0.05) is 0 Å². The second kappa shape index (κ2) is 5.33. The maximum Gasteiger partial charge on any atom is 0.261 e. The third-order valence-electron chi connectivity index (χ3n) is 2.73. The Labute approximate surface area is 110 Å². The van der Waals surface area contributed by atoms with Crippen molar-refractivity contribution in [3.63, 3.8) is 0 Å². The number of rotatable bonds is 4. The highest BCUT2D eigenvalue weighted by atomic mass is 32.1. The van der Waals surface area contributed by atoms with Gasteiger partial charge in [-0.25, -0.2) is 0 Å². The molecular weight excluding hydrogens is 246 g/mol. The van der Waals surface area contributed by atoms with Gasteiger partial charge in [-0.2, -0.15) is 0 Å². The van der Waals surface area contributed by atoms with Crippen LogP contribution in [0.4, 0.5) is 0 Å². The van der Waals surface area contributed by atoms with Crippen molar-refractivity contribution >= 4 is 17.2 Å². The minimum atomic E-state index is -1.06. The molecule has 0 aliphatic rings. The molecule has 1 unspecified atom stereocenters. The summed E-state index contributed by atoms with van der Waals surface area (Å²) in [6, 6.07) is 12.9. The molecule has 1 heterocycles. The molecule has 4 heteroatoms. The van der Waals surface area contributed by atoms with E-state index >= 15 is 0 Å². The summed E-state index contributed by atoms with van der Waals surface area (Å²) in [6.07, 6.45) is 0. The predicted octanol–water partition coefficient (Wildman–Crippen LogP) is 2.39. The van der Waals surface area contributed by atoms with Gasteiger partial charge in [0.05, 0.1) is 11.4 Å². The van der Waals surface area contributed by atoms with Crippen LogP contribution in [-0.2, 0) is 5.60 Å². The van der Waals surface area contributed by atoms with Gasteiger partial charge in [-0.05, 0) is 23.9 Å². The van der Waals surface area contributed by atoms with Crippen LogP contribution < -0.4 is 5.32 Å². The van der Waals surface area contributed by atoms with Crippen molar-refractivity contribution in [1.82, 2.24) is 5.32 Å². The van der Waals surface area contributed by atoms with E-state index in [2.05, 4.69) is 5.32 Å². The molecule has 0 aliphatic carbocycles. The van der Waals surface area contributed by atoms with E-state index in [1.54, 1.807) is 13.0 Å². The maximum absolute atomic E-state index is 11.8. The van der Waals surface area contributed by atoms with Crippen molar-refractivity contribution in [1.29, 1.82) is 0 Å². The Morgan fingerprint density at radius 2 is 2.00 bits per heavy atom. The van der Waals surface area contributed by atoms with E-state index in [4.69, 9.17) is 0 Å². The predicted molar refractivity (Wildman–Crippen MR) is 72.7 cm³/mol. The van der Waals surface area contributed by atoms with E-state index in [0.29, 0.717) is 4.88 Å². The highest BCUT2D eigenvalue weighted by Crippen LogP contribution is 2.19. The van der Waals surface area contributed by atoms with Crippen LogP contribution >= 0.6 is 11.3 Å². The molecule has 94 valence electrons. The first-order chi connectivity index (χ1) is 8.59. The Morgan fingerprint density at radius 1 is 1.28 bits per heavy atom. The Bertz CT molecular complexity index is 506. The minimum Gasteiger partial charge on any atom is -0.384 e. The Hall–Kier alpha value is -1.65. The van der Waals surface area contributed by atoms with Crippen LogP contribution in [0.25, 0.3) is 0 Å². The third-order valence-corrected chi connectivity index (χ3v) is 3.60. The molecule has 2 rings (SSSR count). The molecule has 1 aromatic heterocycles. The second-order valence-corrected chi connectivity index (χ2v) is 5.25. The monoisotopic (exact) mass is 261 g/mol. The van der Waals surface area contributed by atoms with E-state index in [-0.39, 0.29) is 12.5 Å². The van der Waals surface area contributed by atoms with Crippen LogP contribution in [0.3, 0.4) is 0 Å². The molecule has 0 bridgehead atoms. The van der Waals surface area contributed by atoms with Crippen molar-refractivity contribution in [2.45, 2.75) is 12.5 Å². The summed E-state index contributed by atoms with van der Waals surface area (Å²) in [4.78, 5) is 12.4. The summed E-state index contributed by atoms with van der Waals surface area (Å²) in [6.45, 7) is 1.88. The fourth-order valence-corrected chi connectivity index (χ4v) is 2.29. The highest BCUT2D eigenvalue weighted by molar-refractivity contribution is 7.12. The zero-order valence-electron chi connectivity index (χ0n) is 10.1. The first kappa shape index (κ1) is 12.8. The third kappa shape index (κ3) is 2.97. The number of hydrogen-bond donors (Lipinski definition) is 2. The summed E-state index contributed by atoms with van der Waals surface area (Å²) in [7, 11) is 0. The molecule has 3 nitrogen and oxygen atoms in total. The van der Waals surface area contributed by atoms with Crippen LogP contribution in [0.1, 0.15) is 22.2 Å². The zero-order chi connectivity index (χ0) is 13.0. The first-order valence-electron chi connectivity index (χ1n) is 5.69. The van der Waals surface area contributed by atoms with Crippen molar-refractivity contribution in [2.75, 3.05) is 6.54 Å². The van der Waals surface area contributed by atoms with Gasteiger partial charge in [0.2, 0.25) is 0 Å². The molecule has 1 atom stereocenters. The van der Waals surface area contributed by atoms with E-state index < -0.39 is 5.60 Å². The lowest BCUT2D eigenvalue weighted by Crippen LogP contribution is -2.38. The Morgan fingerprint density at radius 3 is 2.61 bits per heavy atom. The van der Waals surface area contributed by atoms with E-state index in [1.165, 1.54) is 11.3 Å². The Kier molecular flexibility index (Phi) is 3.79. The van der Waals surface area contributed by atoms with Gasteiger partial charge >= 0.3 is 0 Å². The second-order valence-electron chi connectivity index (χ2n) is 4.30. The Balaban J connectivity index is 1.99. The SMILES string of the molecule is CC(O)(CNC(=O)c1cccs1)c1ccccc1. The number of nitrogens with one attached hydrogen (secondary N) is 1. The molecular formula is C14H15NO2S. The van der Waals surface area contributed by atoms with Crippen molar-refractivity contribution in [2.24, 2.45) is 0 Å². The maximum atomic E-state index is 11.8. The summed E-state index contributed by atoms with van der Waals surface area (Å²) in [5.41, 5.74) is -0.273. The van der Waals surface area contributed by atoms with Gasteiger partial charge in [-0.3, -0.25) is 4.79 Å². The summed E-state index contributed by atoms with van der Waals surface area (Å²) >= 11 is 1.38. The molecule has 0 saturated carbocycles. The lowest BCUT2D eigenvalue weighted by molar-refractivity contribution is 0.0527. The summed E-state index contributed by atoms with van der Waals surface area (Å²) < 4.78 is 0. The van der Waals surface area contributed by atoms with Crippen LogP contribution in [-0.4, -0.2) is 17.6 Å². The number of aliphatic hydroxyl groups is 1. The van der Waals surface area contributed by atoms with Crippen LogP contribution in [0.2, 0.25) is 0 Å². The van der Waals surface area contributed by atoms with Gasteiger partial charge in [0.25, 0.3) is 5.91 Å². The van der Waals surface area contributed by atoms with E-state index in [9.17, 15) is 9.90 Å². The molecule has 0 aliphatic heterocycles. The standard InChI is InChI=1S/C14H15NO2S/c1-14(17,11-6-3-2-4-7-11)10-15-13(16)12-8-5-9-18-12/h2-9,17H,10H2,1H3,(H,15,16). The molecule has 2 aromatic rings. The van der Waals surface area contributed by atoms with Gasteiger partial charge in [-0.1, -0.05) is 36.4 Å².